The smallest absolute Gasteiger partial charge is 0.175 e. The average Bonchev–Trinajstić information content (AvgIpc) is 1.94. The van der Waals surface area contributed by atoms with Crippen molar-refractivity contribution in [1.82, 2.24) is 0 Å². The SMILES string of the molecule is N#Cc1c[c]([Al])ccc1N. The van der Waals surface area contributed by atoms with E-state index >= 15 is 0 Å². The lowest BCUT2D eigenvalue weighted by atomic mass is 10.2. The first kappa shape index (κ1) is 7.15. The number of hydrogen-bond donors (Lipinski definition) is 1. The molecule has 1 rings (SSSR count). The van der Waals surface area contributed by atoms with Crippen molar-refractivity contribution in [3.63, 3.8) is 0 Å². The van der Waals surface area contributed by atoms with Gasteiger partial charge >= 0.3 is 0 Å². The Morgan fingerprint density at radius 1 is 1.50 bits per heavy atom. The second-order valence-corrected chi connectivity index (χ2v) is 2.63. The zero-order valence-electron chi connectivity index (χ0n) is 5.33. The Bertz CT molecular complexity index is 288. The maximum atomic E-state index is 8.50. The Kier molecular flexibility index (Phi) is 1.97. The molecule has 46 valence electrons. The first-order chi connectivity index (χ1) is 4.74. The van der Waals surface area contributed by atoms with Crippen LogP contribution in [0.5, 0.6) is 0 Å². The van der Waals surface area contributed by atoms with E-state index in [0.717, 1.165) is 4.43 Å². The molecule has 0 saturated carbocycles. The van der Waals surface area contributed by atoms with Crippen LogP contribution in [0.4, 0.5) is 5.69 Å². The molecular weight excluding hydrogens is 139 g/mol. The van der Waals surface area contributed by atoms with Crippen molar-refractivity contribution < 1.29 is 0 Å². The van der Waals surface area contributed by atoms with Crippen LogP contribution < -0.4 is 10.2 Å². The third-order valence-electron chi connectivity index (χ3n) is 1.20. The summed E-state index contributed by atoms with van der Waals surface area (Å²) in [7, 11) is 0. The predicted molar refractivity (Wildman–Crippen MR) is 41.0 cm³/mol. The molecule has 3 heteroatoms. The van der Waals surface area contributed by atoms with E-state index in [4.69, 9.17) is 11.0 Å². The Morgan fingerprint density at radius 2 is 2.20 bits per heavy atom. The first-order valence-electron chi connectivity index (χ1n) is 2.79. The van der Waals surface area contributed by atoms with Gasteiger partial charge in [0.1, 0.15) is 6.07 Å². The first-order valence-corrected chi connectivity index (χ1v) is 3.37. The van der Waals surface area contributed by atoms with Gasteiger partial charge in [-0.25, -0.2) is 0 Å². The number of nitrogens with two attached hydrogens (primary N) is 1. The summed E-state index contributed by atoms with van der Waals surface area (Å²) in [5, 5.41) is 8.50. The van der Waals surface area contributed by atoms with Gasteiger partial charge in [-0.1, -0.05) is 12.1 Å². The highest BCUT2D eigenvalue weighted by atomic mass is 27.0. The Balaban J connectivity index is 3.25. The monoisotopic (exact) mass is 144 g/mol. The van der Waals surface area contributed by atoms with Crippen LogP contribution in [0.1, 0.15) is 5.56 Å². The standard InChI is InChI=1S/C7H5N2.Al/c8-5-6-3-1-2-4-7(6)9;/h2-4H,9H2;. The minimum absolute atomic E-state index is 0.535. The van der Waals surface area contributed by atoms with Gasteiger partial charge in [0.15, 0.2) is 16.3 Å². The van der Waals surface area contributed by atoms with Crippen molar-refractivity contribution in [1.29, 1.82) is 5.26 Å². The van der Waals surface area contributed by atoms with Gasteiger partial charge in [0.05, 0.1) is 5.56 Å². The molecule has 0 spiro atoms. The van der Waals surface area contributed by atoms with Gasteiger partial charge in [-0.3, -0.25) is 0 Å². The molecule has 2 nitrogen and oxygen atoms in total. The van der Waals surface area contributed by atoms with Gasteiger partial charge in [-0.15, -0.1) is 4.43 Å². The Labute approximate surface area is 67.7 Å². The van der Waals surface area contributed by atoms with E-state index in [2.05, 4.69) is 16.3 Å². The third-order valence-corrected chi connectivity index (χ3v) is 1.56. The van der Waals surface area contributed by atoms with Crippen LogP contribution in [0.3, 0.4) is 0 Å². The Morgan fingerprint density at radius 3 is 2.70 bits per heavy atom. The Hall–Kier alpha value is -0.958. The van der Waals surface area contributed by atoms with Crippen LogP contribution in [0, 0.1) is 11.3 Å². The molecule has 10 heavy (non-hydrogen) atoms. The number of benzene rings is 1. The molecule has 0 unspecified atom stereocenters. The van der Waals surface area contributed by atoms with Crippen LogP contribution in [-0.2, 0) is 0 Å². The normalized spacial score (nSPS) is 8.70. The molecule has 1 aromatic carbocycles. The fourth-order valence-corrected chi connectivity index (χ4v) is 0.934. The molecule has 0 aliphatic rings. The molecule has 1 aromatic rings. The molecule has 2 radical (unpaired) electrons. The number of hydrogen-bond acceptors (Lipinski definition) is 2. The van der Waals surface area contributed by atoms with Crippen molar-refractivity contribution in [2.75, 3.05) is 5.73 Å². The molecule has 0 heterocycles. The maximum absolute atomic E-state index is 8.50. The van der Waals surface area contributed by atoms with E-state index in [9.17, 15) is 0 Å². The number of nitriles is 1. The highest BCUT2D eigenvalue weighted by molar-refractivity contribution is 6.32. The van der Waals surface area contributed by atoms with Crippen molar-refractivity contribution >= 4 is 26.4 Å². The van der Waals surface area contributed by atoms with Gasteiger partial charge in [0.2, 0.25) is 0 Å². The zero-order valence-corrected chi connectivity index (χ0v) is 6.49. The largest absolute Gasteiger partial charge is 0.398 e. The lowest BCUT2D eigenvalue weighted by Gasteiger charge is -1.97. The molecule has 0 atom stereocenters. The summed E-state index contributed by atoms with van der Waals surface area (Å²) in [4.78, 5) is 0. The highest BCUT2D eigenvalue weighted by Gasteiger charge is 1.94. The molecule has 0 aromatic heterocycles. The van der Waals surface area contributed by atoms with Gasteiger partial charge in [0.25, 0.3) is 0 Å². The number of nitrogens with zero attached hydrogens (tertiary/aromatic N) is 1. The van der Waals surface area contributed by atoms with E-state index in [1.807, 2.05) is 12.1 Å². The minimum Gasteiger partial charge on any atom is -0.398 e. The second kappa shape index (κ2) is 2.75. The maximum Gasteiger partial charge on any atom is 0.175 e. The van der Waals surface area contributed by atoms with Crippen molar-refractivity contribution in [3.05, 3.63) is 23.8 Å². The molecule has 0 aliphatic carbocycles. The fourth-order valence-electron chi connectivity index (χ4n) is 0.671. The van der Waals surface area contributed by atoms with E-state index in [1.54, 1.807) is 12.1 Å². The number of nitrogen functional groups attached to an aromatic ring is 1. The average molecular weight is 144 g/mol. The van der Waals surface area contributed by atoms with E-state index < -0.39 is 0 Å². The van der Waals surface area contributed by atoms with Crippen molar-refractivity contribution in [3.8, 4) is 6.07 Å². The topological polar surface area (TPSA) is 49.8 Å². The van der Waals surface area contributed by atoms with Crippen molar-refractivity contribution in [2.24, 2.45) is 0 Å². The van der Waals surface area contributed by atoms with E-state index in [1.165, 1.54) is 0 Å². The minimum atomic E-state index is 0.535. The van der Waals surface area contributed by atoms with E-state index in [-0.39, 0.29) is 0 Å². The molecular formula is C7H5AlN2. The molecule has 0 fully saturated rings. The molecule has 0 saturated heterocycles. The van der Waals surface area contributed by atoms with Gasteiger partial charge in [-0.2, -0.15) is 5.26 Å². The van der Waals surface area contributed by atoms with Crippen LogP contribution in [0.2, 0.25) is 0 Å². The highest BCUT2D eigenvalue weighted by Crippen LogP contribution is 2.05. The quantitative estimate of drug-likeness (QED) is 0.409. The van der Waals surface area contributed by atoms with E-state index in [0.29, 0.717) is 11.3 Å². The van der Waals surface area contributed by atoms with Crippen LogP contribution in [0.25, 0.3) is 0 Å². The third kappa shape index (κ3) is 1.30. The van der Waals surface area contributed by atoms with Crippen molar-refractivity contribution in [2.45, 2.75) is 0 Å². The van der Waals surface area contributed by atoms with Crippen LogP contribution in [0.15, 0.2) is 18.2 Å². The van der Waals surface area contributed by atoms with Crippen LogP contribution in [-0.4, -0.2) is 16.3 Å². The molecule has 0 aliphatic heterocycles. The fraction of sp³-hybridized carbons (Fsp3) is 0. The van der Waals surface area contributed by atoms with Gasteiger partial charge < -0.3 is 5.73 Å². The van der Waals surface area contributed by atoms with Gasteiger partial charge in [-0.05, 0) is 6.07 Å². The summed E-state index contributed by atoms with van der Waals surface area (Å²) < 4.78 is 0.978. The molecule has 2 N–H and O–H groups in total. The number of rotatable bonds is 0. The summed E-state index contributed by atoms with van der Waals surface area (Å²) >= 11 is 2.51. The van der Waals surface area contributed by atoms with Crippen LogP contribution >= 0.6 is 0 Å². The summed E-state index contributed by atoms with van der Waals surface area (Å²) in [6.45, 7) is 0. The summed E-state index contributed by atoms with van der Waals surface area (Å²) in [5.41, 5.74) is 6.54. The predicted octanol–water partition coefficient (Wildman–Crippen LogP) is -0.0657. The molecule has 0 amide bonds. The summed E-state index contributed by atoms with van der Waals surface area (Å²) in [5.74, 6) is 0. The molecule has 0 bridgehead atoms. The lowest BCUT2D eigenvalue weighted by molar-refractivity contribution is 1.49. The number of anilines is 1. The van der Waals surface area contributed by atoms with Gasteiger partial charge in [0, 0.05) is 5.69 Å². The summed E-state index contributed by atoms with van der Waals surface area (Å²) in [6, 6.07) is 7.31. The lowest BCUT2D eigenvalue weighted by Crippen LogP contribution is -2.03. The summed E-state index contributed by atoms with van der Waals surface area (Å²) in [6.07, 6.45) is 0. The second-order valence-electron chi connectivity index (χ2n) is 1.96. The zero-order chi connectivity index (χ0) is 7.56.